The van der Waals surface area contributed by atoms with Crippen LogP contribution in [0.2, 0.25) is 0 Å². The first-order chi connectivity index (χ1) is 16.5. The fourth-order valence-corrected chi connectivity index (χ4v) is 4.27. The molecule has 0 bridgehead atoms. The van der Waals surface area contributed by atoms with Crippen LogP contribution in [0.4, 0.5) is 5.69 Å². The van der Waals surface area contributed by atoms with Gasteiger partial charge in [0.1, 0.15) is 0 Å². The van der Waals surface area contributed by atoms with Crippen LogP contribution in [0.3, 0.4) is 0 Å². The average molecular weight is 473 g/mol. The Labute approximate surface area is 197 Å². The number of rotatable bonds is 7. The van der Waals surface area contributed by atoms with Crippen molar-refractivity contribution in [3.8, 4) is 33.6 Å². The number of carbonyl (C=O) groups is 1. The van der Waals surface area contributed by atoms with Crippen molar-refractivity contribution in [2.24, 2.45) is 0 Å². The lowest BCUT2D eigenvalue weighted by Gasteiger charge is -2.23. The van der Waals surface area contributed by atoms with Gasteiger partial charge in [-0.2, -0.15) is 0 Å². The number of fused-ring (bicyclic) bond motifs is 1. The Balaban J connectivity index is 1.57. The number of carboxylic acids is 1. The fourth-order valence-electron chi connectivity index (χ4n) is 3.75. The third-order valence-corrected chi connectivity index (χ3v) is 6.13. The molecule has 9 nitrogen and oxygen atoms in total. The van der Waals surface area contributed by atoms with E-state index < -0.39 is 5.97 Å². The lowest BCUT2D eigenvalue weighted by Crippen LogP contribution is -2.07. The first kappa shape index (κ1) is 21.7. The van der Waals surface area contributed by atoms with Gasteiger partial charge in [-0.1, -0.05) is 48.2 Å². The number of H-pyrrole nitrogens is 2. The smallest absolute Gasteiger partial charge is 0.313 e. The zero-order valence-electron chi connectivity index (χ0n) is 17.6. The zero-order valence-corrected chi connectivity index (χ0v) is 18.4. The number of aromatic nitrogens is 4. The number of carboxylic acid groups (broad SMARTS) is 1. The number of hydrogen-bond donors (Lipinski definition) is 4. The summed E-state index contributed by atoms with van der Waals surface area (Å²) in [5.41, 5.74) is 5.19. The van der Waals surface area contributed by atoms with Gasteiger partial charge in [0.25, 0.3) is 0 Å². The molecule has 2 heterocycles. The summed E-state index contributed by atoms with van der Waals surface area (Å²) in [4.78, 5) is 18.4. The van der Waals surface area contributed by atoms with Crippen LogP contribution in [-0.2, 0) is 4.79 Å². The maximum Gasteiger partial charge on any atom is 0.313 e. The highest BCUT2D eigenvalue weighted by Crippen LogP contribution is 2.35. The van der Waals surface area contributed by atoms with E-state index in [-0.39, 0.29) is 21.8 Å². The second-order valence-corrected chi connectivity index (χ2v) is 8.46. The van der Waals surface area contributed by atoms with Crippen molar-refractivity contribution in [1.29, 1.82) is 0 Å². The molecule has 0 amide bonds. The molecule has 0 atom stereocenters. The molecule has 0 saturated carbocycles. The molecule has 3 aromatic carbocycles. The van der Waals surface area contributed by atoms with Crippen LogP contribution in [0.15, 0.2) is 78.1 Å². The standard InChI is InChI=1S/C24H18N5O4S/c30-22(31)13-34-24-26-23(27-28-24)17-8-16(9-18(10-17)29(32)33)15-6-7-21-19(11-15)20(12-25-21)14-4-2-1-3-5-14/h1-12,25,32H,13H2,(H,30,31)(H,26,27,28)/q-1. The van der Waals surface area contributed by atoms with Gasteiger partial charge in [0, 0.05) is 28.2 Å². The molecule has 5 rings (SSSR count). The highest BCUT2D eigenvalue weighted by atomic mass is 32.2. The first-order valence-electron chi connectivity index (χ1n) is 10.2. The number of aromatic amines is 2. The molecule has 170 valence electrons. The summed E-state index contributed by atoms with van der Waals surface area (Å²) in [6.07, 6.45) is 1.96. The average Bonchev–Trinajstić information content (AvgIpc) is 3.50. The highest BCUT2D eigenvalue weighted by molar-refractivity contribution is 7.99. The van der Waals surface area contributed by atoms with Crippen molar-refractivity contribution in [2.75, 3.05) is 11.0 Å². The fraction of sp³-hybridized carbons (Fsp3) is 0.0417. The minimum atomic E-state index is -0.974. The maximum atomic E-state index is 11.8. The van der Waals surface area contributed by atoms with Crippen LogP contribution >= 0.6 is 11.8 Å². The largest absolute Gasteiger partial charge is 0.733 e. The summed E-state index contributed by atoms with van der Waals surface area (Å²) < 4.78 is 0. The van der Waals surface area contributed by atoms with Crippen LogP contribution in [0.5, 0.6) is 0 Å². The number of thioether (sulfide) groups is 1. The van der Waals surface area contributed by atoms with E-state index >= 15 is 0 Å². The van der Waals surface area contributed by atoms with E-state index in [2.05, 4.69) is 20.2 Å². The Morgan fingerprint density at radius 3 is 2.56 bits per heavy atom. The molecule has 0 aliphatic carbocycles. The van der Waals surface area contributed by atoms with Gasteiger partial charge in [0.2, 0.25) is 5.16 Å². The van der Waals surface area contributed by atoms with Crippen LogP contribution in [-0.4, -0.2) is 42.2 Å². The molecule has 0 saturated heterocycles. The number of nitrogens with one attached hydrogen (secondary N) is 2. The van der Waals surface area contributed by atoms with Crippen molar-refractivity contribution in [2.45, 2.75) is 5.16 Å². The van der Waals surface area contributed by atoms with Crippen LogP contribution in [0.25, 0.3) is 44.5 Å². The minimum Gasteiger partial charge on any atom is -0.733 e. The SMILES string of the molecule is O=C(O)CSc1n[nH]c(-c2cc(-c3ccc4[nH]cc(-c5ccccc5)c4c3)cc(N([O-])O)c2)n1. The molecule has 4 N–H and O–H groups in total. The van der Waals surface area contributed by atoms with Crippen molar-refractivity contribution >= 4 is 34.3 Å². The monoisotopic (exact) mass is 472 g/mol. The van der Waals surface area contributed by atoms with E-state index in [0.29, 0.717) is 17.0 Å². The van der Waals surface area contributed by atoms with Crippen molar-refractivity contribution in [3.63, 3.8) is 0 Å². The topological polar surface area (TPSA) is 141 Å². The third kappa shape index (κ3) is 4.37. The summed E-state index contributed by atoms with van der Waals surface area (Å²) in [6.45, 7) is 0. The molecule has 34 heavy (non-hydrogen) atoms. The van der Waals surface area contributed by atoms with Gasteiger partial charge in [-0.3, -0.25) is 15.1 Å². The Bertz CT molecular complexity index is 1480. The van der Waals surface area contributed by atoms with Gasteiger partial charge in [-0.05, 0) is 47.0 Å². The van der Waals surface area contributed by atoms with Gasteiger partial charge < -0.3 is 20.5 Å². The lowest BCUT2D eigenvalue weighted by atomic mass is 9.98. The number of nitrogens with zero attached hydrogens (tertiary/aromatic N) is 3. The predicted octanol–water partition coefficient (Wildman–Crippen LogP) is 5.16. The van der Waals surface area contributed by atoms with E-state index in [1.165, 1.54) is 6.07 Å². The highest BCUT2D eigenvalue weighted by Gasteiger charge is 2.13. The quantitative estimate of drug-likeness (QED) is 0.188. The van der Waals surface area contributed by atoms with Gasteiger partial charge in [0.15, 0.2) is 5.82 Å². The van der Waals surface area contributed by atoms with E-state index in [4.69, 9.17) is 5.11 Å². The number of aliphatic carboxylic acids is 1. The van der Waals surface area contributed by atoms with Gasteiger partial charge in [0.05, 0.1) is 11.4 Å². The van der Waals surface area contributed by atoms with Crippen molar-refractivity contribution in [1.82, 2.24) is 20.2 Å². The normalized spacial score (nSPS) is 11.1. The van der Waals surface area contributed by atoms with Crippen LogP contribution < -0.4 is 5.23 Å². The van der Waals surface area contributed by atoms with Gasteiger partial charge in [-0.15, -0.1) is 5.10 Å². The second kappa shape index (κ2) is 9.02. The Hall–Kier alpha value is -4.12. The lowest BCUT2D eigenvalue weighted by molar-refractivity contribution is -0.133. The summed E-state index contributed by atoms with van der Waals surface area (Å²) in [5.74, 6) is -0.794. The first-order valence-corrected chi connectivity index (χ1v) is 11.2. The molecule has 5 aromatic rings. The second-order valence-electron chi connectivity index (χ2n) is 7.52. The van der Waals surface area contributed by atoms with Crippen molar-refractivity contribution < 1.29 is 15.1 Å². The number of benzene rings is 3. The third-order valence-electron chi connectivity index (χ3n) is 5.30. The maximum absolute atomic E-state index is 11.8. The number of anilines is 1. The van der Waals surface area contributed by atoms with E-state index in [0.717, 1.165) is 39.4 Å². The summed E-state index contributed by atoms with van der Waals surface area (Å²) >= 11 is 0.979. The van der Waals surface area contributed by atoms with Gasteiger partial charge >= 0.3 is 5.97 Å². The molecule has 0 spiro atoms. The van der Waals surface area contributed by atoms with E-state index in [9.17, 15) is 15.2 Å². The van der Waals surface area contributed by atoms with Crippen LogP contribution in [0, 0.1) is 5.21 Å². The Morgan fingerprint density at radius 1 is 1.00 bits per heavy atom. The molecule has 10 heteroatoms. The Morgan fingerprint density at radius 2 is 1.79 bits per heavy atom. The zero-order chi connectivity index (χ0) is 23.7. The molecule has 0 radical (unpaired) electrons. The summed E-state index contributed by atoms with van der Waals surface area (Å²) in [6, 6.07) is 20.8. The molecule has 0 unspecified atom stereocenters. The van der Waals surface area contributed by atoms with E-state index in [1.807, 2.05) is 60.8 Å². The Kier molecular flexibility index (Phi) is 5.76. The molecule has 2 aromatic heterocycles. The predicted molar refractivity (Wildman–Crippen MR) is 131 cm³/mol. The molecular formula is C24H18N5O4S-. The molecule has 0 aliphatic rings. The number of hydrogen-bond acceptors (Lipinski definition) is 7. The van der Waals surface area contributed by atoms with Crippen LogP contribution in [0.1, 0.15) is 0 Å². The molecular weight excluding hydrogens is 454 g/mol. The summed E-state index contributed by atoms with van der Waals surface area (Å²) in [7, 11) is 0. The van der Waals surface area contributed by atoms with Gasteiger partial charge in [-0.25, -0.2) is 4.98 Å². The minimum absolute atomic E-state index is 0.0288. The summed E-state index contributed by atoms with van der Waals surface area (Å²) in [5, 5.41) is 38.1. The van der Waals surface area contributed by atoms with Crippen molar-refractivity contribution in [3.05, 3.63) is 78.1 Å². The molecule has 0 aliphatic heterocycles. The molecule has 0 fully saturated rings. The van der Waals surface area contributed by atoms with E-state index in [1.54, 1.807) is 6.07 Å².